The largest absolute Gasteiger partial charge is 0.339 e. The molecule has 0 unspecified atom stereocenters. The molecule has 1 aliphatic heterocycles. The number of halogens is 1. The van der Waals surface area contributed by atoms with Gasteiger partial charge in [0.25, 0.3) is 5.91 Å². The van der Waals surface area contributed by atoms with Crippen molar-refractivity contribution in [3.63, 3.8) is 0 Å². The van der Waals surface area contributed by atoms with Crippen LogP contribution < -0.4 is 0 Å². The second-order valence-electron chi connectivity index (χ2n) is 6.81. The highest BCUT2D eigenvalue weighted by molar-refractivity contribution is 6.30. The molecule has 24 heavy (non-hydrogen) atoms. The van der Waals surface area contributed by atoms with Gasteiger partial charge in [0.05, 0.1) is 0 Å². The summed E-state index contributed by atoms with van der Waals surface area (Å²) >= 11 is 5.99. The number of hydrogen-bond acceptors (Lipinski definition) is 2. The normalized spacial score (nSPS) is 16.0. The summed E-state index contributed by atoms with van der Waals surface area (Å²) in [5.74, 6) is 1.69. The zero-order valence-electron chi connectivity index (χ0n) is 14.5. The fourth-order valence-electron chi connectivity index (χ4n) is 3.46. The SMILES string of the molecule is Cc1cc(Cl)ccc1C(=O)N1CCC(c2nccn2C(C)C)CC1. The number of benzene rings is 1. The van der Waals surface area contributed by atoms with Crippen LogP contribution in [0.1, 0.15) is 60.4 Å². The van der Waals surface area contributed by atoms with Gasteiger partial charge in [-0.05, 0) is 57.4 Å². The molecule has 0 aliphatic carbocycles. The van der Waals surface area contributed by atoms with E-state index in [4.69, 9.17) is 11.6 Å². The molecule has 1 aromatic heterocycles. The van der Waals surface area contributed by atoms with Crippen molar-refractivity contribution in [2.24, 2.45) is 0 Å². The van der Waals surface area contributed by atoms with Gasteiger partial charge in [0, 0.05) is 48.0 Å². The summed E-state index contributed by atoms with van der Waals surface area (Å²) in [4.78, 5) is 19.3. The van der Waals surface area contributed by atoms with Gasteiger partial charge in [-0.25, -0.2) is 4.98 Å². The van der Waals surface area contributed by atoms with Crippen molar-refractivity contribution in [2.75, 3.05) is 13.1 Å². The summed E-state index contributed by atoms with van der Waals surface area (Å²) in [5.41, 5.74) is 1.69. The van der Waals surface area contributed by atoms with Crippen LogP contribution >= 0.6 is 11.6 Å². The lowest BCUT2D eigenvalue weighted by Crippen LogP contribution is -2.38. The van der Waals surface area contributed by atoms with E-state index < -0.39 is 0 Å². The molecule has 5 heteroatoms. The zero-order chi connectivity index (χ0) is 17.3. The molecule has 2 aromatic rings. The highest BCUT2D eigenvalue weighted by Gasteiger charge is 2.27. The van der Waals surface area contributed by atoms with Crippen LogP contribution in [0.15, 0.2) is 30.6 Å². The van der Waals surface area contributed by atoms with Crippen LogP contribution in [0.3, 0.4) is 0 Å². The first-order valence-corrected chi connectivity index (χ1v) is 8.93. The molecule has 1 saturated heterocycles. The van der Waals surface area contributed by atoms with Crippen molar-refractivity contribution in [3.05, 3.63) is 52.6 Å². The molecule has 1 fully saturated rings. The van der Waals surface area contributed by atoms with Crippen molar-refractivity contribution in [2.45, 2.75) is 45.6 Å². The van der Waals surface area contributed by atoms with E-state index in [9.17, 15) is 4.79 Å². The van der Waals surface area contributed by atoms with Crippen LogP contribution in [-0.2, 0) is 0 Å². The summed E-state index contributed by atoms with van der Waals surface area (Å²) in [6.07, 6.45) is 5.85. The summed E-state index contributed by atoms with van der Waals surface area (Å²) in [5, 5.41) is 0.670. The molecule has 1 amide bonds. The first-order chi connectivity index (χ1) is 11.5. The second-order valence-corrected chi connectivity index (χ2v) is 7.25. The van der Waals surface area contributed by atoms with Crippen molar-refractivity contribution < 1.29 is 4.79 Å². The minimum atomic E-state index is 0.106. The number of hydrogen-bond donors (Lipinski definition) is 0. The number of carbonyl (C=O) groups excluding carboxylic acids is 1. The van der Waals surface area contributed by atoms with Gasteiger partial charge in [-0.2, -0.15) is 0 Å². The summed E-state index contributed by atoms with van der Waals surface area (Å²) < 4.78 is 2.24. The molecule has 4 nitrogen and oxygen atoms in total. The van der Waals surface area contributed by atoms with E-state index in [2.05, 4.69) is 29.6 Å². The minimum absolute atomic E-state index is 0.106. The number of aryl methyl sites for hydroxylation is 1. The molecule has 0 radical (unpaired) electrons. The van der Waals surface area contributed by atoms with Crippen LogP contribution in [0.2, 0.25) is 5.02 Å². The van der Waals surface area contributed by atoms with Gasteiger partial charge in [-0.15, -0.1) is 0 Å². The Hall–Kier alpha value is -1.81. The Morgan fingerprint density at radius 1 is 1.29 bits per heavy atom. The van der Waals surface area contributed by atoms with Gasteiger partial charge in [0.1, 0.15) is 5.82 Å². The van der Waals surface area contributed by atoms with Crippen LogP contribution in [0.25, 0.3) is 0 Å². The van der Waals surface area contributed by atoms with E-state index in [0.29, 0.717) is 17.0 Å². The Morgan fingerprint density at radius 3 is 2.62 bits per heavy atom. The Kier molecular flexibility index (Phi) is 4.95. The minimum Gasteiger partial charge on any atom is -0.339 e. The van der Waals surface area contributed by atoms with Gasteiger partial charge in [0.2, 0.25) is 0 Å². The molecule has 3 rings (SSSR count). The number of rotatable bonds is 3. The highest BCUT2D eigenvalue weighted by atomic mass is 35.5. The van der Waals surface area contributed by atoms with Crippen molar-refractivity contribution in [1.29, 1.82) is 0 Å². The number of likely N-dealkylation sites (tertiary alicyclic amines) is 1. The van der Waals surface area contributed by atoms with Gasteiger partial charge in [0.15, 0.2) is 0 Å². The van der Waals surface area contributed by atoms with E-state index in [-0.39, 0.29) is 5.91 Å². The number of carbonyl (C=O) groups is 1. The topological polar surface area (TPSA) is 38.1 Å². The maximum atomic E-state index is 12.8. The maximum Gasteiger partial charge on any atom is 0.254 e. The van der Waals surface area contributed by atoms with Crippen LogP contribution in [0, 0.1) is 6.92 Å². The standard InChI is InChI=1S/C19H24ClN3O/c1-13(2)23-11-8-21-18(23)15-6-9-22(10-7-15)19(24)17-5-4-16(20)12-14(17)3/h4-5,8,11-13,15H,6-7,9-10H2,1-3H3. The Labute approximate surface area is 148 Å². The monoisotopic (exact) mass is 345 g/mol. The quantitative estimate of drug-likeness (QED) is 0.824. The molecule has 0 saturated carbocycles. The summed E-state index contributed by atoms with van der Waals surface area (Å²) in [6.45, 7) is 7.83. The lowest BCUT2D eigenvalue weighted by atomic mass is 9.94. The zero-order valence-corrected chi connectivity index (χ0v) is 15.3. The lowest BCUT2D eigenvalue weighted by molar-refractivity contribution is 0.0709. The number of nitrogens with zero attached hydrogens (tertiary/aromatic N) is 3. The molecule has 0 spiro atoms. The molecule has 0 atom stereocenters. The van der Waals surface area contributed by atoms with E-state index >= 15 is 0 Å². The predicted molar refractivity (Wildman–Crippen MR) is 96.7 cm³/mol. The number of aromatic nitrogens is 2. The van der Waals surface area contributed by atoms with Crippen LogP contribution in [0.4, 0.5) is 0 Å². The van der Waals surface area contributed by atoms with E-state index in [1.807, 2.05) is 30.2 Å². The second kappa shape index (κ2) is 6.98. The maximum absolute atomic E-state index is 12.8. The smallest absolute Gasteiger partial charge is 0.254 e. The van der Waals surface area contributed by atoms with E-state index in [1.54, 1.807) is 6.07 Å². The molecule has 0 N–H and O–H groups in total. The fraction of sp³-hybridized carbons (Fsp3) is 0.474. The molecule has 1 aliphatic rings. The molecule has 2 heterocycles. The third-order valence-electron chi connectivity index (χ3n) is 4.82. The van der Waals surface area contributed by atoms with Gasteiger partial charge in [-0.3, -0.25) is 4.79 Å². The van der Waals surface area contributed by atoms with Gasteiger partial charge < -0.3 is 9.47 Å². The van der Waals surface area contributed by atoms with Crippen LogP contribution in [-0.4, -0.2) is 33.4 Å². The summed E-state index contributed by atoms with van der Waals surface area (Å²) in [7, 11) is 0. The number of piperidine rings is 1. The number of amides is 1. The van der Waals surface area contributed by atoms with Gasteiger partial charge in [-0.1, -0.05) is 11.6 Å². The average molecular weight is 346 g/mol. The average Bonchev–Trinajstić information content (AvgIpc) is 3.04. The molecular formula is C19H24ClN3O. The molecule has 1 aromatic carbocycles. The fourth-order valence-corrected chi connectivity index (χ4v) is 3.68. The number of imidazole rings is 1. The van der Waals surface area contributed by atoms with Crippen LogP contribution in [0.5, 0.6) is 0 Å². The predicted octanol–water partition coefficient (Wildman–Crippen LogP) is 4.45. The Morgan fingerprint density at radius 2 is 2.00 bits per heavy atom. The van der Waals surface area contributed by atoms with E-state index in [0.717, 1.165) is 42.9 Å². The Balaban J connectivity index is 1.68. The highest BCUT2D eigenvalue weighted by Crippen LogP contribution is 2.29. The lowest BCUT2D eigenvalue weighted by Gasteiger charge is -2.32. The third-order valence-corrected chi connectivity index (χ3v) is 5.06. The summed E-state index contributed by atoms with van der Waals surface area (Å²) in [6, 6.07) is 5.88. The first kappa shape index (κ1) is 17.0. The first-order valence-electron chi connectivity index (χ1n) is 8.55. The molecular weight excluding hydrogens is 322 g/mol. The van der Waals surface area contributed by atoms with Crippen molar-refractivity contribution >= 4 is 17.5 Å². The van der Waals surface area contributed by atoms with Gasteiger partial charge >= 0.3 is 0 Å². The molecule has 0 bridgehead atoms. The third kappa shape index (κ3) is 3.34. The van der Waals surface area contributed by atoms with Crippen molar-refractivity contribution in [1.82, 2.24) is 14.5 Å². The van der Waals surface area contributed by atoms with E-state index in [1.165, 1.54) is 0 Å². The Bertz CT molecular complexity index is 730. The van der Waals surface area contributed by atoms with Crippen molar-refractivity contribution in [3.8, 4) is 0 Å². The molecule has 128 valence electrons.